The zero-order valence-corrected chi connectivity index (χ0v) is 26.8. The van der Waals surface area contributed by atoms with Crippen molar-refractivity contribution in [1.82, 2.24) is 0 Å². The fourth-order valence-electron chi connectivity index (χ4n) is 4.95. The van der Waals surface area contributed by atoms with E-state index in [-0.39, 0.29) is 5.41 Å². The lowest BCUT2D eigenvalue weighted by atomic mass is 9.76. The largest absolute Gasteiger partial charge is 0.456 e. The molecule has 41 heavy (non-hydrogen) atoms. The summed E-state index contributed by atoms with van der Waals surface area (Å²) in [4.78, 5) is 0. The molecule has 2 aromatic rings. The number of rotatable bonds is 11. The van der Waals surface area contributed by atoms with Crippen LogP contribution in [0.5, 0.6) is 11.5 Å². The lowest BCUT2D eigenvalue weighted by Crippen LogP contribution is -2.27. The van der Waals surface area contributed by atoms with Crippen LogP contribution in [0, 0.1) is 0 Å². The number of benzene rings is 2. The number of ether oxygens (including phenoxy) is 1. The van der Waals surface area contributed by atoms with Crippen molar-refractivity contribution >= 4 is 21.8 Å². The van der Waals surface area contributed by atoms with Gasteiger partial charge in [-0.15, -0.1) is 0 Å². The fraction of sp³-hybridized carbons (Fsp3) is 0.211. The van der Waals surface area contributed by atoms with Gasteiger partial charge in [0.1, 0.15) is 11.5 Å². The van der Waals surface area contributed by atoms with Crippen molar-refractivity contribution in [2.24, 2.45) is 0 Å². The van der Waals surface area contributed by atoms with Crippen LogP contribution in [0.25, 0.3) is 0 Å². The Labute approximate surface area is 251 Å². The summed E-state index contributed by atoms with van der Waals surface area (Å²) in [5.74, 6) is 2.01. The SMILES string of the molecule is C=C/C(=C\C)P(C1=CC=CCC1)c1cccc2c1Oc1ccccc1C2(C)C.C=C/C=C\CCPC(=C)/C=C\C=C. The third-order valence-corrected chi connectivity index (χ3v) is 11.0. The smallest absolute Gasteiger partial charge is 0.139 e. The summed E-state index contributed by atoms with van der Waals surface area (Å²) in [5, 5.41) is 5.26. The highest BCUT2D eigenvalue weighted by Crippen LogP contribution is 2.58. The van der Waals surface area contributed by atoms with E-state index in [0.717, 1.165) is 39.3 Å². The van der Waals surface area contributed by atoms with Crippen LogP contribution in [0.1, 0.15) is 51.2 Å². The maximum Gasteiger partial charge on any atom is 0.139 e. The first-order valence-corrected chi connectivity index (χ1v) is 16.8. The summed E-state index contributed by atoms with van der Waals surface area (Å²) < 4.78 is 6.56. The highest BCUT2D eigenvalue weighted by atomic mass is 31.1. The molecule has 2 unspecified atom stereocenters. The molecule has 0 spiro atoms. The van der Waals surface area contributed by atoms with Gasteiger partial charge in [0, 0.05) is 21.8 Å². The third-order valence-electron chi connectivity index (χ3n) is 7.09. The normalized spacial score (nSPS) is 16.3. The molecule has 1 heterocycles. The quantitative estimate of drug-likeness (QED) is 0.146. The Bertz CT molecular complexity index is 1400. The Morgan fingerprint density at radius 3 is 2.46 bits per heavy atom. The molecule has 0 amide bonds. The average molecular weight is 579 g/mol. The maximum absolute atomic E-state index is 6.56. The van der Waals surface area contributed by atoms with E-state index in [4.69, 9.17) is 4.74 Å². The summed E-state index contributed by atoms with van der Waals surface area (Å²) in [5.41, 5.74) is 2.42. The molecule has 4 rings (SSSR count). The van der Waals surface area contributed by atoms with Crippen molar-refractivity contribution in [2.45, 2.75) is 45.4 Å². The van der Waals surface area contributed by atoms with Crippen LogP contribution >= 0.6 is 16.5 Å². The molecular weight excluding hydrogens is 534 g/mol. The van der Waals surface area contributed by atoms with Gasteiger partial charge in [0.2, 0.25) is 0 Å². The first-order chi connectivity index (χ1) is 19.9. The zero-order valence-electron chi connectivity index (χ0n) is 24.9. The fourth-order valence-corrected chi connectivity index (χ4v) is 8.35. The standard InChI is InChI=1S/C26H27OP.C12H17P/c1-5-19(6-2)28(20-13-8-7-9-14-20)24-18-12-16-22-25(24)27-23-17-11-10-15-21(23)26(22,3)4;1-4-6-8-9-11-13-12(3)10-7-5-2/h5-8,10-13,15-18H,1,9,14H2,2-4H3;4-8,10,13H,1-3,9,11H2/b19-6+;8-6-,10-7-. The Morgan fingerprint density at radius 1 is 1.02 bits per heavy atom. The summed E-state index contributed by atoms with van der Waals surface area (Å²) in [6, 6.07) is 15.1. The first kappa shape index (κ1) is 32.3. The minimum absolute atomic E-state index is 0.0910. The van der Waals surface area contributed by atoms with E-state index in [9.17, 15) is 0 Å². The van der Waals surface area contributed by atoms with Gasteiger partial charge in [0.05, 0.1) is 0 Å². The van der Waals surface area contributed by atoms with Crippen molar-refractivity contribution < 1.29 is 4.74 Å². The molecule has 1 aliphatic heterocycles. The Hall–Kier alpha value is -3.24. The molecule has 0 saturated carbocycles. The minimum atomic E-state index is -0.655. The predicted molar refractivity (Wildman–Crippen MR) is 188 cm³/mol. The van der Waals surface area contributed by atoms with E-state index >= 15 is 0 Å². The van der Waals surface area contributed by atoms with Gasteiger partial charge in [-0.3, -0.25) is 0 Å². The van der Waals surface area contributed by atoms with Crippen molar-refractivity contribution in [3.63, 3.8) is 0 Å². The van der Waals surface area contributed by atoms with E-state index in [1.807, 2.05) is 24.3 Å². The van der Waals surface area contributed by atoms with Gasteiger partial charge in [0.25, 0.3) is 0 Å². The summed E-state index contributed by atoms with van der Waals surface area (Å²) in [6.07, 6.45) is 27.1. The van der Waals surface area contributed by atoms with Crippen molar-refractivity contribution in [2.75, 3.05) is 6.16 Å². The van der Waals surface area contributed by atoms with Crippen LogP contribution in [0.4, 0.5) is 0 Å². The monoisotopic (exact) mass is 578 g/mol. The van der Waals surface area contributed by atoms with Crippen LogP contribution in [-0.2, 0) is 5.41 Å². The second-order valence-electron chi connectivity index (χ2n) is 10.3. The molecule has 212 valence electrons. The number of hydrogen-bond acceptors (Lipinski definition) is 1. The molecule has 0 N–H and O–H groups in total. The molecule has 0 bridgehead atoms. The Morgan fingerprint density at radius 2 is 1.78 bits per heavy atom. The van der Waals surface area contributed by atoms with Crippen molar-refractivity contribution in [1.29, 1.82) is 0 Å². The Balaban J connectivity index is 0.000000302. The van der Waals surface area contributed by atoms with Gasteiger partial charge >= 0.3 is 0 Å². The molecule has 0 radical (unpaired) electrons. The van der Waals surface area contributed by atoms with E-state index in [2.05, 4.69) is 120 Å². The first-order valence-electron chi connectivity index (χ1n) is 14.2. The second kappa shape index (κ2) is 16.3. The summed E-state index contributed by atoms with van der Waals surface area (Å²) in [7, 11) is 0.158. The van der Waals surface area contributed by atoms with Crippen LogP contribution in [0.2, 0.25) is 0 Å². The highest BCUT2D eigenvalue weighted by Gasteiger charge is 2.37. The van der Waals surface area contributed by atoms with Gasteiger partial charge in [-0.2, -0.15) is 0 Å². The van der Waals surface area contributed by atoms with E-state index in [1.165, 1.54) is 38.5 Å². The molecule has 3 heteroatoms. The van der Waals surface area contributed by atoms with Crippen LogP contribution < -0.4 is 10.0 Å². The topological polar surface area (TPSA) is 9.23 Å². The minimum Gasteiger partial charge on any atom is -0.456 e. The predicted octanol–water partition coefficient (Wildman–Crippen LogP) is 11.6. The summed E-state index contributed by atoms with van der Waals surface area (Å²) >= 11 is 0. The maximum atomic E-state index is 6.56. The van der Waals surface area contributed by atoms with Crippen molar-refractivity contribution in [3.8, 4) is 11.5 Å². The second-order valence-corrected chi connectivity index (χ2v) is 14.0. The van der Waals surface area contributed by atoms with Gasteiger partial charge in [-0.05, 0) is 62.3 Å². The molecule has 1 aliphatic carbocycles. The Kier molecular flexibility index (Phi) is 12.8. The molecule has 0 fully saturated rings. The van der Waals surface area contributed by atoms with Crippen LogP contribution in [0.15, 0.2) is 152 Å². The van der Waals surface area contributed by atoms with E-state index < -0.39 is 7.92 Å². The number of fused-ring (bicyclic) bond motifs is 2. The van der Waals surface area contributed by atoms with Crippen LogP contribution in [-0.4, -0.2) is 6.16 Å². The third kappa shape index (κ3) is 8.39. The lowest BCUT2D eigenvalue weighted by molar-refractivity contribution is 0.421. The molecule has 2 aliphatic rings. The zero-order chi connectivity index (χ0) is 29.7. The van der Waals surface area contributed by atoms with Gasteiger partial charge < -0.3 is 4.74 Å². The number of hydrogen-bond donors (Lipinski definition) is 0. The number of allylic oxidation sites excluding steroid dienone is 14. The lowest BCUT2D eigenvalue weighted by Gasteiger charge is -2.37. The summed E-state index contributed by atoms with van der Waals surface area (Å²) in [6.45, 7) is 22.0. The van der Waals surface area contributed by atoms with Gasteiger partial charge in [-0.25, -0.2) is 0 Å². The molecule has 0 aromatic heterocycles. The van der Waals surface area contributed by atoms with Gasteiger partial charge in [-0.1, -0.05) is 152 Å². The highest BCUT2D eigenvalue weighted by molar-refractivity contribution is 7.74. The molecule has 2 atom stereocenters. The van der Waals surface area contributed by atoms with Gasteiger partial charge in [0.15, 0.2) is 0 Å². The molecule has 0 saturated heterocycles. The van der Waals surface area contributed by atoms with E-state index in [1.54, 1.807) is 12.2 Å². The van der Waals surface area contributed by atoms with E-state index in [0.29, 0.717) is 0 Å². The molecule has 2 aromatic carbocycles. The molecular formula is C38H44OP2. The van der Waals surface area contributed by atoms with Crippen molar-refractivity contribution in [3.05, 3.63) is 163 Å². The average Bonchev–Trinajstić information content (AvgIpc) is 2.99. The number of para-hydroxylation sites is 2. The van der Waals surface area contributed by atoms with Crippen LogP contribution in [0.3, 0.4) is 0 Å². The molecule has 1 nitrogen and oxygen atoms in total.